The molecule has 0 saturated carbocycles. The molecule has 0 bridgehead atoms. The highest BCUT2D eigenvalue weighted by Gasteiger charge is 2.24. The van der Waals surface area contributed by atoms with Crippen molar-refractivity contribution in [3.05, 3.63) is 11.4 Å². The molecule has 0 atom stereocenters. The molecule has 0 aliphatic heterocycles. The van der Waals surface area contributed by atoms with Crippen molar-refractivity contribution < 1.29 is 8.78 Å². The summed E-state index contributed by atoms with van der Waals surface area (Å²) in [5, 5.41) is 3.91. The molecule has 13 heavy (non-hydrogen) atoms. The van der Waals surface area contributed by atoms with Crippen molar-refractivity contribution in [2.75, 3.05) is 5.73 Å². The van der Waals surface area contributed by atoms with E-state index in [2.05, 4.69) is 5.10 Å². The maximum atomic E-state index is 12.6. The van der Waals surface area contributed by atoms with Crippen LogP contribution in [0, 0.1) is 13.8 Å². The standard InChI is InChI=1S/C8H13F2N3/c1-5-7(11)6(2)13(12-5)4-8(3,9)10/h4,11H2,1-3H3. The molecule has 0 unspecified atom stereocenters. The van der Waals surface area contributed by atoms with Crippen LogP contribution >= 0.6 is 0 Å². The lowest BCUT2D eigenvalue weighted by atomic mass is 10.3. The Balaban J connectivity index is 2.97. The SMILES string of the molecule is Cc1nn(CC(C)(F)F)c(C)c1N. The lowest BCUT2D eigenvalue weighted by Gasteiger charge is -2.11. The average Bonchev–Trinajstić information content (AvgIpc) is 2.15. The van der Waals surface area contributed by atoms with E-state index in [0.29, 0.717) is 17.1 Å². The first-order valence-corrected chi connectivity index (χ1v) is 3.98. The van der Waals surface area contributed by atoms with Crippen molar-refractivity contribution in [1.82, 2.24) is 9.78 Å². The van der Waals surface area contributed by atoms with Gasteiger partial charge in [-0.2, -0.15) is 5.10 Å². The van der Waals surface area contributed by atoms with Crippen LogP contribution in [0.15, 0.2) is 0 Å². The number of halogens is 2. The summed E-state index contributed by atoms with van der Waals surface area (Å²) in [5.74, 6) is -2.75. The van der Waals surface area contributed by atoms with E-state index in [0.717, 1.165) is 6.92 Å². The number of aryl methyl sites for hydroxylation is 1. The average molecular weight is 189 g/mol. The van der Waals surface area contributed by atoms with Gasteiger partial charge in [0.1, 0.15) is 6.54 Å². The second-order valence-electron chi connectivity index (χ2n) is 3.31. The van der Waals surface area contributed by atoms with Crippen molar-refractivity contribution in [3.63, 3.8) is 0 Å². The number of nitrogens with two attached hydrogens (primary N) is 1. The molecule has 5 heteroatoms. The van der Waals surface area contributed by atoms with Gasteiger partial charge in [0.2, 0.25) is 0 Å². The summed E-state index contributed by atoms with van der Waals surface area (Å²) in [6.45, 7) is 3.82. The van der Waals surface area contributed by atoms with Gasteiger partial charge < -0.3 is 5.73 Å². The zero-order valence-electron chi connectivity index (χ0n) is 7.93. The van der Waals surface area contributed by atoms with Gasteiger partial charge in [0.15, 0.2) is 0 Å². The van der Waals surface area contributed by atoms with Crippen molar-refractivity contribution in [2.45, 2.75) is 33.2 Å². The second-order valence-corrected chi connectivity index (χ2v) is 3.31. The highest BCUT2D eigenvalue weighted by atomic mass is 19.3. The smallest absolute Gasteiger partial charge is 0.264 e. The van der Waals surface area contributed by atoms with Gasteiger partial charge in [-0.25, -0.2) is 8.78 Å². The normalized spacial score (nSPS) is 12.1. The first kappa shape index (κ1) is 9.95. The summed E-state index contributed by atoms with van der Waals surface area (Å²) in [7, 11) is 0. The number of rotatable bonds is 2. The molecule has 1 aromatic heterocycles. The van der Waals surface area contributed by atoms with Crippen LogP contribution in [0.4, 0.5) is 14.5 Å². The number of nitrogen functional groups attached to an aromatic ring is 1. The molecule has 2 N–H and O–H groups in total. The minimum absolute atomic E-state index is 0.420. The highest BCUT2D eigenvalue weighted by Crippen LogP contribution is 2.20. The van der Waals surface area contributed by atoms with E-state index in [1.54, 1.807) is 13.8 Å². The third-order valence-electron chi connectivity index (χ3n) is 1.86. The molecule has 0 fully saturated rings. The van der Waals surface area contributed by atoms with E-state index in [-0.39, 0.29) is 0 Å². The van der Waals surface area contributed by atoms with Crippen LogP contribution in [0.5, 0.6) is 0 Å². The quantitative estimate of drug-likeness (QED) is 0.770. The summed E-state index contributed by atoms with van der Waals surface area (Å²) < 4.78 is 26.5. The Morgan fingerprint density at radius 3 is 2.31 bits per heavy atom. The third-order valence-corrected chi connectivity index (χ3v) is 1.86. The van der Waals surface area contributed by atoms with E-state index < -0.39 is 12.5 Å². The summed E-state index contributed by atoms with van der Waals surface area (Å²) in [6, 6.07) is 0. The fraction of sp³-hybridized carbons (Fsp3) is 0.625. The van der Waals surface area contributed by atoms with Gasteiger partial charge in [0.25, 0.3) is 5.92 Å². The van der Waals surface area contributed by atoms with Crippen LogP contribution in [0.2, 0.25) is 0 Å². The van der Waals surface area contributed by atoms with Gasteiger partial charge in [-0.15, -0.1) is 0 Å². The number of hydrogen-bond donors (Lipinski definition) is 1. The molecule has 3 nitrogen and oxygen atoms in total. The molecule has 0 radical (unpaired) electrons. The predicted octanol–water partition coefficient (Wildman–Crippen LogP) is 1.74. The Morgan fingerprint density at radius 1 is 1.46 bits per heavy atom. The Bertz CT molecular complexity index is 312. The Labute approximate surface area is 75.5 Å². The van der Waals surface area contributed by atoms with E-state index in [4.69, 9.17) is 5.73 Å². The molecule has 74 valence electrons. The van der Waals surface area contributed by atoms with Crippen molar-refractivity contribution in [1.29, 1.82) is 0 Å². The molecule has 0 aliphatic carbocycles. The van der Waals surface area contributed by atoms with Gasteiger partial charge >= 0.3 is 0 Å². The zero-order valence-corrected chi connectivity index (χ0v) is 7.93. The van der Waals surface area contributed by atoms with Crippen LogP contribution in [-0.4, -0.2) is 15.7 Å². The van der Waals surface area contributed by atoms with E-state index >= 15 is 0 Å². The Hall–Kier alpha value is -1.13. The predicted molar refractivity (Wildman–Crippen MR) is 46.7 cm³/mol. The highest BCUT2D eigenvalue weighted by molar-refractivity contribution is 5.46. The first-order chi connectivity index (χ1) is 5.81. The maximum Gasteiger partial charge on any atom is 0.264 e. The summed E-state index contributed by atoms with van der Waals surface area (Å²) >= 11 is 0. The van der Waals surface area contributed by atoms with Gasteiger partial charge in [-0.05, 0) is 13.8 Å². The number of alkyl halides is 2. The molecule has 1 heterocycles. The van der Waals surface area contributed by atoms with E-state index in [1.165, 1.54) is 4.68 Å². The van der Waals surface area contributed by atoms with Crippen LogP contribution in [-0.2, 0) is 6.54 Å². The van der Waals surface area contributed by atoms with Crippen LogP contribution in [0.3, 0.4) is 0 Å². The molecular formula is C8H13F2N3. The summed E-state index contributed by atoms with van der Waals surface area (Å²) in [6.07, 6.45) is 0. The maximum absolute atomic E-state index is 12.6. The van der Waals surface area contributed by atoms with Crippen molar-refractivity contribution in [2.24, 2.45) is 0 Å². The van der Waals surface area contributed by atoms with E-state index in [1.807, 2.05) is 0 Å². The minimum atomic E-state index is -2.75. The Morgan fingerprint density at radius 2 is 2.00 bits per heavy atom. The largest absolute Gasteiger partial charge is 0.396 e. The van der Waals surface area contributed by atoms with Gasteiger partial charge in [-0.3, -0.25) is 4.68 Å². The topological polar surface area (TPSA) is 43.8 Å². The number of aromatic nitrogens is 2. The number of nitrogens with zero attached hydrogens (tertiary/aromatic N) is 2. The summed E-state index contributed by atoms with van der Waals surface area (Å²) in [5.41, 5.74) is 7.28. The molecule has 0 spiro atoms. The van der Waals surface area contributed by atoms with Crippen LogP contribution < -0.4 is 5.73 Å². The van der Waals surface area contributed by atoms with Gasteiger partial charge in [0, 0.05) is 6.92 Å². The summed E-state index contributed by atoms with van der Waals surface area (Å²) in [4.78, 5) is 0. The molecule has 0 aromatic carbocycles. The molecule has 0 amide bonds. The molecular weight excluding hydrogens is 176 g/mol. The van der Waals surface area contributed by atoms with Gasteiger partial charge in [-0.1, -0.05) is 0 Å². The monoisotopic (exact) mass is 189 g/mol. The van der Waals surface area contributed by atoms with Crippen LogP contribution in [0.25, 0.3) is 0 Å². The fourth-order valence-corrected chi connectivity index (χ4v) is 1.13. The Kier molecular flexibility index (Phi) is 2.28. The van der Waals surface area contributed by atoms with E-state index in [9.17, 15) is 8.78 Å². The first-order valence-electron chi connectivity index (χ1n) is 3.98. The molecule has 1 aromatic rings. The lowest BCUT2D eigenvalue weighted by molar-refractivity contribution is -0.0000171. The number of hydrogen-bond acceptors (Lipinski definition) is 2. The zero-order chi connectivity index (χ0) is 10.2. The number of anilines is 1. The second kappa shape index (κ2) is 2.97. The molecule has 0 aliphatic rings. The molecule has 1 rings (SSSR count). The lowest BCUT2D eigenvalue weighted by Crippen LogP contribution is -2.21. The third kappa shape index (κ3) is 2.17. The van der Waals surface area contributed by atoms with Gasteiger partial charge in [0.05, 0.1) is 17.1 Å². The molecule has 0 saturated heterocycles. The van der Waals surface area contributed by atoms with Crippen LogP contribution in [0.1, 0.15) is 18.3 Å². The fourth-order valence-electron chi connectivity index (χ4n) is 1.13. The van der Waals surface area contributed by atoms with Crippen molar-refractivity contribution in [3.8, 4) is 0 Å². The van der Waals surface area contributed by atoms with Crippen molar-refractivity contribution >= 4 is 5.69 Å². The minimum Gasteiger partial charge on any atom is -0.396 e.